The van der Waals surface area contributed by atoms with Crippen LogP contribution in [0.5, 0.6) is 0 Å². The van der Waals surface area contributed by atoms with E-state index in [0.717, 1.165) is 12.8 Å². The number of aromatic nitrogens is 1. The minimum absolute atomic E-state index is 0.399. The number of aryl methyl sites for hydroxylation is 1. The topological polar surface area (TPSA) is 24.9 Å². The first-order chi connectivity index (χ1) is 8.33. The summed E-state index contributed by atoms with van der Waals surface area (Å²) < 4.78 is 1.31. The van der Waals surface area contributed by atoms with Crippen LogP contribution in [0.3, 0.4) is 0 Å². The van der Waals surface area contributed by atoms with E-state index in [9.17, 15) is 0 Å². The second kappa shape index (κ2) is 4.64. The number of nitrogens with one attached hydrogen (secondary N) is 1. The summed E-state index contributed by atoms with van der Waals surface area (Å²) in [5, 5.41) is 3.60. The fraction of sp³-hybridized carbons (Fsp3) is 0.214. The Kier molecular flexibility index (Phi) is 3.01. The number of anilines is 1. The first-order valence-corrected chi connectivity index (χ1v) is 6.86. The summed E-state index contributed by atoms with van der Waals surface area (Å²) in [6, 6.07) is 11.1. The number of pyridine rings is 1. The third kappa shape index (κ3) is 2.29. The van der Waals surface area contributed by atoms with Crippen molar-refractivity contribution < 1.29 is 0 Å². The van der Waals surface area contributed by atoms with Crippen molar-refractivity contribution in [3.8, 4) is 0 Å². The van der Waals surface area contributed by atoms with Crippen LogP contribution in [0, 0.1) is 3.57 Å². The Bertz CT molecular complexity index is 525. The highest BCUT2D eigenvalue weighted by Crippen LogP contribution is 2.32. The van der Waals surface area contributed by atoms with Crippen molar-refractivity contribution in [1.29, 1.82) is 0 Å². The van der Waals surface area contributed by atoms with Crippen molar-refractivity contribution in [1.82, 2.24) is 4.98 Å². The lowest BCUT2D eigenvalue weighted by Crippen LogP contribution is -2.18. The number of fused-ring (bicyclic) bond motifs is 1. The molecule has 0 bridgehead atoms. The first kappa shape index (κ1) is 11.0. The monoisotopic (exact) mass is 336 g/mol. The lowest BCUT2D eigenvalue weighted by molar-refractivity contribution is 0.665. The standard InChI is InChI=1S/C14H13IN2/c15-12-4-6-13-10(8-12)3-5-14(17-13)11-2-1-7-16-9-11/h1-2,4,6-9,14,17H,3,5H2. The van der Waals surface area contributed by atoms with E-state index in [0.29, 0.717) is 6.04 Å². The van der Waals surface area contributed by atoms with Crippen molar-refractivity contribution in [2.24, 2.45) is 0 Å². The fourth-order valence-electron chi connectivity index (χ4n) is 2.30. The highest BCUT2D eigenvalue weighted by Gasteiger charge is 2.18. The van der Waals surface area contributed by atoms with E-state index >= 15 is 0 Å². The average molecular weight is 336 g/mol. The Hall–Kier alpha value is -1.10. The number of nitrogens with zero attached hydrogens (tertiary/aromatic N) is 1. The second-order valence-corrected chi connectivity index (χ2v) is 5.57. The van der Waals surface area contributed by atoms with E-state index in [1.54, 1.807) is 0 Å². The molecule has 0 spiro atoms. The van der Waals surface area contributed by atoms with Gasteiger partial charge in [-0.15, -0.1) is 0 Å². The summed E-state index contributed by atoms with van der Waals surface area (Å²) in [7, 11) is 0. The molecule has 1 aliphatic rings. The van der Waals surface area contributed by atoms with E-state index < -0.39 is 0 Å². The molecule has 86 valence electrons. The highest BCUT2D eigenvalue weighted by molar-refractivity contribution is 14.1. The molecule has 0 amide bonds. The molecule has 0 radical (unpaired) electrons. The number of rotatable bonds is 1. The van der Waals surface area contributed by atoms with E-state index in [4.69, 9.17) is 0 Å². The van der Waals surface area contributed by atoms with Gasteiger partial charge < -0.3 is 5.32 Å². The molecule has 17 heavy (non-hydrogen) atoms. The molecule has 1 aliphatic heterocycles. The lowest BCUT2D eigenvalue weighted by Gasteiger charge is -2.27. The zero-order valence-electron chi connectivity index (χ0n) is 9.36. The Balaban J connectivity index is 1.88. The minimum atomic E-state index is 0.399. The van der Waals surface area contributed by atoms with Crippen molar-refractivity contribution in [3.63, 3.8) is 0 Å². The predicted octanol–water partition coefficient (Wildman–Crippen LogP) is 3.79. The van der Waals surface area contributed by atoms with Gasteiger partial charge in [-0.3, -0.25) is 4.98 Å². The summed E-state index contributed by atoms with van der Waals surface area (Å²) in [4.78, 5) is 4.19. The fourth-order valence-corrected chi connectivity index (χ4v) is 2.86. The molecule has 1 unspecified atom stereocenters. The third-order valence-electron chi connectivity index (χ3n) is 3.19. The molecule has 0 fully saturated rings. The molecule has 1 aromatic carbocycles. The SMILES string of the molecule is Ic1ccc2c(c1)CCC(c1cccnc1)N2. The van der Waals surface area contributed by atoms with Crippen molar-refractivity contribution in [2.45, 2.75) is 18.9 Å². The van der Waals surface area contributed by atoms with Gasteiger partial charge in [0.2, 0.25) is 0 Å². The highest BCUT2D eigenvalue weighted by atomic mass is 127. The molecular weight excluding hydrogens is 323 g/mol. The van der Waals surface area contributed by atoms with E-state index in [2.05, 4.69) is 57.2 Å². The summed E-state index contributed by atoms with van der Waals surface area (Å²) in [6.07, 6.45) is 6.05. The van der Waals surface area contributed by atoms with Crippen LogP contribution in [0.25, 0.3) is 0 Å². The minimum Gasteiger partial charge on any atom is -0.378 e. The van der Waals surface area contributed by atoms with Gasteiger partial charge in [-0.05, 0) is 70.8 Å². The number of benzene rings is 1. The average Bonchev–Trinajstić information content (AvgIpc) is 2.39. The molecule has 1 atom stereocenters. The van der Waals surface area contributed by atoms with E-state index in [1.807, 2.05) is 18.5 Å². The first-order valence-electron chi connectivity index (χ1n) is 5.78. The van der Waals surface area contributed by atoms with E-state index in [-0.39, 0.29) is 0 Å². The van der Waals surface area contributed by atoms with Crippen LogP contribution >= 0.6 is 22.6 Å². The molecule has 3 rings (SSSR count). The summed E-state index contributed by atoms with van der Waals surface area (Å²) >= 11 is 2.36. The normalized spacial score (nSPS) is 18.3. The van der Waals surface area contributed by atoms with Crippen LogP contribution in [-0.2, 0) is 6.42 Å². The maximum atomic E-state index is 4.19. The van der Waals surface area contributed by atoms with Crippen LogP contribution in [0.15, 0.2) is 42.7 Å². The zero-order chi connectivity index (χ0) is 11.7. The summed E-state index contributed by atoms with van der Waals surface area (Å²) in [6.45, 7) is 0. The molecular formula is C14H13IN2. The number of hydrogen-bond donors (Lipinski definition) is 1. The lowest BCUT2D eigenvalue weighted by atomic mass is 9.94. The van der Waals surface area contributed by atoms with Gasteiger partial charge in [0.15, 0.2) is 0 Å². The molecule has 0 saturated carbocycles. The van der Waals surface area contributed by atoms with Crippen LogP contribution in [0.4, 0.5) is 5.69 Å². The van der Waals surface area contributed by atoms with Gasteiger partial charge in [0, 0.05) is 21.7 Å². The maximum Gasteiger partial charge on any atom is 0.0532 e. The Morgan fingerprint density at radius 3 is 3.06 bits per heavy atom. The summed E-state index contributed by atoms with van der Waals surface area (Å²) in [5.41, 5.74) is 3.97. The van der Waals surface area contributed by atoms with Crippen molar-refractivity contribution in [3.05, 3.63) is 57.4 Å². The predicted molar refractivity (Wildman–Crippen MR) is 78.1 cm³/mol. The van der Waals surface area contributed by atoms with Crippen LogP contribution in [0.1, 0.15) is 23.6 Å². The second-order valence-electron chi connectivity index (χ2n) is 4.32. The zero-order valence-corrected chi connectivity index (χ0v) is 11.5. The van der Waals surface area contributed by atoms with Gasteiger partial charge in [-0.2, -0.15) is 0 Å². The molecule has 1 aromatic heterocycles. The molecule has 2 aromatic rings. The molecule has 1 N–H and O–H groups in total. The van der Waals surface area contributed by atoms with E-state index in [1.165, 1.54) is 20.4 Å². The van der Waals surface area contributed by atoms with Crippen LogP contribution in [-0.4, -0.2) is 4.98 Å². The van der Waals surface area contributed by atoms with Gasteiger partial charge in [-0.25, -0.2) is 0 Å². The maximum absolute atomic E-state index is 4.19. The van der Waals surface area contributed by atoms with Gasteiger partial charge >= 0.3 is 0 Å². The van der Waals surface area contributed by atoms with Gasteiger partial charge in [0.1, 0.15) is 0 Å². The Labute approximate surface area is 115 Å². The molecule has 2 nitrogen and oxygen atoms in total. The van der Waals surface area contributed by atoms with Crippen LogP contribution in [0.2, 0.25) is 0 Å². The number of hydrogen-bond acceptors (Lipinski definition) is 2. The molecule has 3 heteroatoms. The Morgan fingerprint density at radius 1 is 1.29 bits per heavy atom. The largest absolute Gasteiger partial charge is 0.378 e. The van der Waals surface area contributed by atoms with Crippen molar-refractivity contribution in [2.75, 3.05) is 5.32 Å². The van der Waals surface area contributed by atoms with Crippen LogP contribution < -0.4 is 5.32 Å². The quantitative estimate of drug-likeness (QED) is 0.802. The van der Waals surface area contributed by atoms with Gasteiger partial charge in [-0.1, -0.05) is 6.07 Å². The van der Waals surface area contributed by atoms with Crippen molar-refractivity contribution >= 4 is 28.3 Å². The molecule has 0 saturated heterocycles. The van der Waals surface area contributed by atoms with Gasteiger partial charge in [0.05, 0.1) is 6.04 Å². The third-order valence-corrected chi connectivity index (χ3v) is 3.86. The Morgan fingerprint density at radius 2 is 2.24 bits per heavy atom. The smallest absolute Gasteiger partial charge is 0.0532 e. The number of halogens is 1. The molecule has 2 heterocycles. The van der Waals surface area contributed by atoms with Gasteiger partial charge in [0.25, 0.3) is 0 Å². The summed E-state index contributed by atoms with van der Waals surface area (Å²) in [5.74, 6) is 0. The molecule has 0 aliphatic carbocycles.